The molecule has 19 heavy (non-hydrogen) atoms. The van der Waals surface area contributed by atoms with Crippen LogP contribution in [0, 0.1) is 0 Å². The number of nitrogens with zero attached hydrogens (tertiary/aromatic N) is 5. The molecule has 7 nitrogen and oxygen atoms in total. The second kappa shape index (κ2) is 5.32. The van der Waals surface area contributed by atoms with Crippen LogP contribution in [-0.4, -0.2) is 32.3 Å². The molecule has 0 amide bonds. The monoisotopic (exact) mass is 282 g/mol. The number of ether oxygens (including phenoxy) is 1. The maximum absolute atomic E-state index is 5.72. The van der Waals surface area contributed by atoms with E-state index in [9.17, 15) is 0 Å². The van der Waals surface area contributed by atoms with Crippen LogP contribution in [0.25, 0.3) is 5.13 Å². The van der Waals surface area contributed by atoms with Gasteiger partial charge in [0.2, 0.25) is 5.13 Å². The highest BCUT2D eigenvalue weighted by atomic mass is 32.1. The molecule has 2 N–H and O–H groups in total. The van der Waals surface area contributed by atoms with Gasteiger partial charge in [0.15, 0.2) is 0 Å². The predicted octanol–water partition coefficient (Wildman–Crippen LogP) is 1.02. The van der Waals surface area contributed by atoms with Crippen LogP contribution in [0.1, 0.15) is 37.2 Å². The maximum atomic E-state index is 5.72. The van der Waals surface area contributed by atoms with Gasteiger partial charge in [-0.1, -0.05) is 37.3 Å². The average Bonchev–Trinajstić information content (AvgIpc) is 2.93. The fourth-order valence-corrected chi connectivity index (χ4v) is 2.61. The van der Waals surface area contributed by atoms with Crippen molar-refractivity contribution >= 4 is 11.3 Å². The molecule has 2 aromatic heterocycles. The SMILES string of the molecule is COCc1nnc(-n2nnc(CN)c2C(C)(C)C)s1. The maximum Gasteiger partial charge on any atom is 0.234 e. The highest BCUT2D eigenvalue weighted by Gasteiger charge is 2.26. The molecule has 2 aromatic rings. The Morgan fingerprint density at radius 1 is 1.26 bits per heavy atom. The van der Waals surface area contributed by atoms with E-state index in [1.807, 2.05) is 0 Å². The fourth-order valence-electron chi connectivity index (χ4n) is 1.85. The lowest BCUT2D eigenvalue weighted by Gasteiger charge is -2.19. The van der Waals surface area contributed by atoms with E-state index in [4.69, 9.17) is 10.5 Å². The molecule has 0 spiro atoms. The Kier molecular flexibility index (Phi) is 3.93. The molecule has 8 heteroatoms. The van der Waals surface area contributed by atoms with Gasteiger partial charge in [-0.15, -0.1) is 15.3 Å². The Hall–Kier alpha value is -1.38. The first-order valence-electron chi connectivity index (χ1n) is 5.94. The highest BCUT2D eigenvalue weighted by Crippen LogP contribution is 2.27. The largest absolute Gasteiger partial charge is 0.377 e. The first-order valence-corrected chi connectivity index (χ1v) is 6.76. The lowest BCUT2D eigenvalue weighted by molar-refractivity contribution is 0.184. The molecular weight excluding hydrogens is 264 g/mol. The molecule has 0 aliphatic carbocycles. The summed E-state index contributed by atoms with van der Waals surface area (Å²) in [5, 5.41) is 18.0. The molecular formula is C11H18N6OS. The fraction of sp³-hybridized carbons (Fsp3) is 0.636. The summed E-state index contributed by atoms with van der Waals surface area (Å²) in [6, 6.07) is 0. The number of hydrogen-bond donors (Lipinski definition) is 1. The van der Waals surface area contributed by atoms with Crippen LogP contribution in [0.4, 0.5) is 0 Å². The van der Waals surface area contributed by atoms with Gasteiger partial charge in [-0.05, 0) is 0 Å². The second-order valence-corrected chi connectivity index (χ2v) is 6.20. The summed E-state index contributed by atoms with van der Waals surface area (Å²) in [5.41, 5.74) is 7.36. The van der Waals surface area contributed by atoms with Gasteiger partial charge in [0, 0.05) is 19.1 Å². The molecule has 0 aliphatic heterocycles. The summed E-state index contributed by atoms with van der Waals surface area (Å²) in [4.78, 5) is 0. The van der Waals surface area contributed by atoms with Crippen molar-refractivity contribution < 1.29 is 4.74 Å². The van der Waals surface area contributed by atoms with Crippen LogP contribution in [0.15, 0.2) is 0 Å². The minimum absolute atomic E-state index is 0.120. The van der Waals surface area contributed by atoms with E-state index in [-0.39, 0.29) is 5.41 Å². The Morgan fingerprint density at radius 3 is 2.58 bits per heavy atom. The Bertz CT molecular complexity index is 556. The van der Waals surface area contributed by atoms with Crippen molar-refractivity contribution in [3.8, 4) is 5.13 Å². The highest BCUT2D eigenvalue weighted by molar-refractivity contribution is 7.13. The van der Waals surface area contributed by atoms with Gasteiger partial charge in [-0.3, -0.25) is 0 Å². The third-order valence-corrected chi connectivity index (χ3v) is 3.42. The third kappa shape index (κ3) is 2.80. The zero-order valence-corrected chi connectivity index (χ0v) is 12.4. The van der Waals surface area contributed by atoms with Crippen molar-refractivity contribution in [1.82, 2.24) is 25.2 Å². The molecule has 0 fully saturated rings. The number of aromatic nitrogens is 5. The van der Waals surface area contributed by atoms with Gasteiger partial charge >= 0.3 is 0 Å². The lowest BCUT2D eigenvalue weighted by Crippen LogP contribution is -2.20. The average molecular weight is 282 g/mol. The minimum Gasteiger partial charge on any atom is -0.377 e. The second-order valence-electron chi connectivity index (χ2n) is 5.16. The van der Waals surface area contributed by atoms with Crippen molar-refractivity contribution in [3.05, 3.63) is 16.4 Å². The van der Waals surface area contributed by atoms with Crippen LogP contribution in [0.2, 0.25) is 0 Å². The molecule has 0 radical (unpaired) electrons. The normalized spacial score (nSPS) is 12.1. The molecule has 2 heterocycles. The van der Waals surface area contributed by atoms with E-state index in [0.717, 1.165) is 16.4 Å². The number of methoxy groups -OCH3 is 1. The van der Waals surface area contributed by atoms with E-state index >= 15 is 0 Å². The summed E-state index contributed by atoms with van der Waals surface area (Å²) in [7, 11) is 1.63. The molecule has 0 aromatic carbocycles. The van der Waals surface area contributed by atoms with E-state index < -0.39 is 0 Å². The first kappa shape index (κ1) is 14.0. The zero-order chi connectivity index (χ0) is 14.0. The predicted molar refractivity (Wildman–Crippen MR) is 72.1 cm³/mol. The van der Waals surface area contributed by atoms with E-state index in [2.05, 4.69) is 41.3 Å². The molecule has 0 saturated heterocycles. The van der Waals surface area contributed by atoms with Crippen molar-refractivity contribution in [2.24, 2.45) is 5.73 Å². The summed E-state index contributed by atoms with van der Waals surface area (Å²) in [5.74, 6) is 0. The van der Waals surface area contributed by atoms with Crippen molar-refractivity contribution in [2.75, 3.05) is 7.11 Å². The van der Waals surface area contributed by atoms with Crippen LogP contribution in [-0.2, 0) is 23.3 Å². The quantitative estimate of drug-likeness (QED) is 0.900. The summed E-state index contributed by atoms with van der Waals surface area (Å²) in [6.07, 6.45) is 0. The van der Waals surface area contributed by atoms with Crippen molar-refractivity contribution in [1.29, 1.82) is 0 Å². The number of hydrogen-bond acceptors (Lipinski definition) is 7. The molecule has 0 unspecified atom stereocenters. The van der Waals surface area contributed by atoms with Crippen molar-refractivity contribution in [2.45, 2.75) is 39.3 Å². The van der Waals surface area contributed by atoms with Gasteiger partial charge < -0.3 is 10.5 Å². The molecule has 2 rings (SSSR count). The zero-order valence-electron chi connectivity index (χ0n) is 11.5. The Balaban J connectivity index is 2.46. The van der Waals surface area contributed by atoms with Gasteiger partial charge in [0.1, 0.15) is 17.3 Å². The van der Waals surface area contributed by atoms with Gasteiger partial charge in [0.25, 0.3) is 0 Å². The summed E-state index contributed by atoms with van der Waals surface area (Å²) >= 11 is 1.44. The van der Waals surface area contributed by atoms with Crippen LogP contribution >= 0.6 is 11.3 Å². The van der Waals surface area contributed by atoms with Gasteiger partial charge in [-0.25, -0.2) is 0 Å². The van der Waals surface area contributed by atoms with E-state index in [1.165, 1.54) is 11.3 Å². The summed E-state index contributed by atoms with van der Waals surface area (Å²) < 4.78 is 6.76. The molecule has 0 aliphatic rings. The van der Waals surface area contributed by atoms with Crippen LogP contribution in [0.3, 0.4) is 0 Å². The number of nitrogens with two attached hydrogens (primary N) is 1. The van der Waals surface area contributed by atoms with Gasteiger partial charge in [-0.2, -0.15) is 4.68 Å². The van der Waals surface area contributed by atoms with E-state index in [1.54, 1.807) is 11.8 Å². The van der Waals surface area contributed by atoms with Crippen molar-refractivity contribution in [3.63, 3.8) is 0 Å². The molecule has 104 valence electrons. The Labute approximate surface area is 115 Å². The molecule has 0 saturated carbocycles. The minimum atomic E-state index is -0.120. The molecule has 0 bridgehead atoms. The van der Waals surface area contributed by atoms with Crippen LogP contribution < -0.4 is 5.73 Å². The smallest absolute Gasteiger partial charge is 0.234 e. The van der Waals surface area contributed by atoms with Crippen LogP contribution in [0.5, 0.6) is 0 Å². The van der Waals surface area contributed by atoms with Gasteiger partial charge in [0.05, 0.1) is 5.69 Å². The first-order chi connectivity index (χ1) is 8.97. The Morgan fingerprint density at radius 2 is 2.00 bits per heavy atom. The third-order valence-electron chi connectivity index (χ3n) is 2.55. The lowest BCUT2D eigenvalue weighted by atomic mass is 9.90. The van der Waals surface area contributed by atoms with E-state index in [0.29, 0.717) is 18.3 Å². The summed E-state index contributed by atoms with van der Waals surface area (Å²) in [6.45, 7) is 7.09. The standard InChI is InChI=1S/C11H18N6OS/c1-11(2,3)9-7(5-12)13-16-17(9)10-15-14-8(19-10)6-18-4/h5-6,12H2,1-4H3. The molecule has 0 atom stereocenters. The topological polar surface area (TPSA) is 91.7 Å². The number of rotatable bonds is 4.